The van der Waals surface area contributed by atoms with Crippen LogP contribution in [0.25, 0.3) is 16.3 Å². The van der Waals surface area contributed by atoms with Gasteiger partial charge >= 0.3 is 0 Å². The molecule has 0 unspecified atom stereocenters. The molecule has 0 N–H and O–H groups in total. The summed E-state index contributed by atoms with van der Waals surface area (Å²) in [6.07, 6.45) is 0. The summed E-state index contributed by atoms with van der Waals surface area (Å²) in [4.78, 5) is 0. The summed E-state index contributed by atoms with van der Waals surface area (Å²) in [7, 11) is 3.51. The number of rotatable bonds is 1. The number of allylic oxidation sites excluding steroid dienone is 1. The molecule has 2 aromatic carbocycles. The normalized spacial score (nSPS) is 10.4. The molecule has 0 amide bonds. The molecular formula is C13H11Si. The maximum atomic E-state index is 3.94. The van der Waals surface area contributed by atoms with Crippen molar-refractivity contribution in [3.8, 4) is 0 Å². The zero-order valence-electron chi connectivity index (χ0n) is 8.17. The predicted octanol–water partition coefficient (Wildman–Crippen LogP) is 2.67. The van der Waals surface area contributed by atoms with Crippen molar-refractivity contribution in [2.75, 3.05) is 0 Å². The molecule has 0 aromatic heterocycles. The molecule has 0 saturated heterocycles. The van der Waals surface area contributed by atoms with E-state index >= 15 is 0 Å². The van der Waals surface area contributed by atoms with Crippen LogP contribution >= 0.6 is 0 Å². The van der Waals surface area contributed by atoms with Crippen molar-refractivity contribution < 1.29 is 0 Å². The fraction of sp³-hybridized carbons (Fsp3) is 0.0769. The van der Waals surface area contributed by atoms with E-state index in [0.717, 1.165) is 10.8 Å². The third kappa shape index (κ3) is 1.63. The van der Waals surface area contributed by atoms with Crippen molar-refractivity contribution in [3.63, 3.8) is 0 Å². The van der Waals surface area contributed by atoms with Crippen LogP contribution in [0.15, 0.2) is 43.0 Å². The summed E-state index contributed by atoms with van der Waals surface area (Å²) in [6, 6.07) is 12.7. The second-order valence-electron chi connectivity index (χ2n) is 3.56. The van der Waals surface area contributed by atoms with Gasteiger partial charge in [-0.25, -0.2) is 0 Å². The highest BCUT2D eigenvalue weighted by Crippen LogP contribution is 2.18. The molecule has 2 rings (SSSR count). The van der Waals surface area contributed by atoms with Crippen molar-refractivity contribution in [1.29, 1.82) is 0 Å². The Morgan fingerprint density at radius 3 is 2.43 bits per heavy atom. The summed E-state index contributed by atoms with van der Waals surface area (Å²) in [5.74, 6) is 0. The van der Waals surface area contributed by atoms with Crippen molar-refractivity contribution in [2.24, 2.45) is 0 Å². The molecule has 0 bridgehead atoms. The van der Waals surface area contributed by atoms with E-state index in [1.54, 1.807) is 0 Å². The minimum atomic E-state index is 1.11. The van der Waals surface area contributed by atoms with E-state index in [1.807, 2.05) is 6.92 Å². The summed E-state index contributed by atoms with van der Waals surface area (Å²) in [5.41, 5.74) is 2.31. The molecule has 0 heterocycles. The van der Waals surface area contributed by atoms with Crippen LogP contribution in [0.5, 0.6) is 0 Å². The van der Waals surface area contributed by atoms with Gasteiger partial charge in [0.1, 0.15) is 0 Å². The zero-order chi connectivity index (χ0) is 10.1. The monoisotopic (exact) mass is 195 g/mol. The number of hydrogen-bond acceptors (Lipinski definition) is 0. The second kappa shape index (κ2) is 3.43. The van der Waals surface area contributed by atoms with E-state index < -0.39 is 0 Å². The summed E-state index contributed by atoms with van der Waals surface area (Å²) >= 11 is 0. The highest BCUT2D eigenvalue weighted by molar-refractivity contribution is 6.33. The average Bonchev–Trinajstić information content (AvgIpc) is 2.16. The quantitative estimate of drug-likeness (QED) is 0.614. The van der Waals surface area contributed by atoms with Crippen molar-refractivity contribution in [2.45, 2.75) is 6.92 Å². The minimum absolute atomic E-state index is 1.11. The Morgan fingerprint density at radius 1 is 1.07 bits per heavy atom. The first-order valence-corrected chi connectivity index (χ1v) is 5.08. The van der Waals surface area contributed by atoms with Gasteiger partial charge in [0.15, 0.2) is 0 Å². The summed E-state index contributed by atoms with van der Waals surface area (Å²) in [5, 5.41) is 3.62. The number of benzene rings is 2. The van der Waals surface area contributed by atoms with Crippen LogP contribution in [-0.4, -0.2) is 10.2 Å². The van der Waals surface area contributed by atoms with E-state index in [4.69, 9.17) is 0 Å². The number of hydrogen-bond donors (Lipinski definition) is 0. The van der Waals surface area contributed by atoms with Crippen LogP contribution in [0.2, 0.25) is 0 Å². The molecule has 0 atom stereocenters. The van der Waals surface area contributed by atoms with E-state index in [1.165, 1.54) is 16.3 Å². The molecule has 0 nitrogen and oxygen atoms in total. The van der Waals surface area contributed by atoms with Gasteiger partial charge in [0.2, 0.25) is 0 Å². The standard InChI is InChI=1S/C13H11Si/c1-9(2)10-3-4-12-8-13(14)6-5-11(12)7-10/h3-8H,1H2,2H3. The SMILES string of the molecule is C=C(C)c1ccc2cc([Si])ccc2c1. The first kappa shape index (κ1) is 9.22. The highest BCUT2D eigenvalue weighted by Gasteiger charge is 1.96. The van der Waals surface area contributed by atoms with Gasteiger partial charge in [-0.3, -0.25) is 0 Å². The fourth-order valence-electron chi connectivity index (χ4n) is 1.51. The Balaban J connectivity index is 2.67. The topological polar surface area (TPSA) is 0 Å². The lowest BCUT2D eigenvalue weighted by molar-refractivity contribution is 1.62. The minimum Gasteiger partial charge on any atom is -0.0955 e. The van der Waals surface area contributed by atoms with Crippen LogP contribution < -0.4 is 5.19 Å². The van der Waals surface area contributed by atoms with Crippen LogP contribution in [0.4, 0.5) is 0 Å². The molecule has 1 heteroatoms. The van der Waals surface area contributed by atoms with E-state index in [-0.39, 0.29) is 0 Å². The van der Waals surface area contributed by atoms with Crippen LogP contribution in [0.3, 0.4) is 0 Å². The van der Waals surface area contributed by atoms with Gasteiger partial charge in [-0.2, -0.15) is 0 Å². The second-order valence-corrected chi connectivity index (χ2v) is 4.13. The van der Waals surface area contributed by atoms with Gasteiger partial charge in [0.05, 0.1) is 10.2 Å². The van der Waals surface area contributed by atoms with Crippen molar-refractivity contribution in [1.82, 2.24) is 0 Å². The highest BCUT2D eigenvalue weighted by atomic mass is 28.1. The molecule has 0 aliphatic heterocycles. The third-order valence-corrected chi connectivity index (χ3v) is 2.64. The Labute approximate surface area is 87.7 Å². The molecule has 0 spiro atoms. The average molecular weight is 195 g/mol. The third-order valence-electron chi connectivity index (χ3n) is 2.33. The van der Waals surface area contributed by atoms with Crippen LogP contribution in [0, 0.1) is 0 Å². The smallest absolute Gasteiger partial charge is 0.0712 e. The first-order chi connectivity index (χ1) is 6.66. The Hall–Kier alpha value is -1.34. The lowest BCUT2D eigenvalue weighted by Gasteiger charge is -2.03. The molecular weight excluding hydrogens is 184 g/mol. The maximum absolute atomic E-state index is 3.94. The maximum Gasteiger partial charge on any atom is 0.0712 e. The molecule has 0 aliphatic carbocycles. The molecule has 0 aliphatic rings. The van der Waals surface area contributed by atoms with Crippen molar-refractivity contribution in [3.05, 3.63) is 48.5 Å². The largest absolute Gasteiger partial charge is 0.0955 e. The van der Waals surface area contributed by atoms with Gasteiger partial charge < -0.3 is 0 Å². The predicted molar refractivity (Wildman–Crippen MR) is 64.0 cm³/mol. The summed E-state index contributed by atoms with van der Waals surface area (Å²) in [6.45, 7) is 5.97. The van der Waals surface area contributed by atoms with Gasteiger partial charge in [0, 0.05) is 0 Å². The van der Waals surface area contributed by atoms with E-state index in [9.17, 15) is 0 Å². The summed E-state index contributed by atoms with van der Waals surface area (Å²) < 4.78 is 0. The van der Waals surface area contributed by atoms with E-state index in [2.05, 4.69) is 53.2 Å². The Kier molecular flexibility index (Phi) is 2.26. The van der Waals surface area contributed by atoms with Crippen molar-refractivity contribution >= 4 is 31.8 Å². The lowest BCUT2D eigenvalue weighted by Crippen LogP contribution is -1.99. The first-order valence-electron chi connectivity index (χ1n) is 4.58. The van der Waals surface area contributed by atoms with Crippen LogP contribution in [0.1, 0.15) is 12.5 Å². The Bertz CT molecular complexity index is 498. The fourth-order valence-corrected chi connectivity index (χ4v) is 1.75. The van der Waals surface area contributed by atoms with Gasteiger partial charge in [-0.1, -0.05) is 47.7 Å². The molecule has 67 valence electrons. The molecule has 14 heavy (non-hydrogen) atoms. The molecule has 0 saturated carbocycles. The van der Waals surface area contributed by atoms with Gasteiger partial charge in [-0.15, -0.1) is 0 Å². The molecule has 0 fully saturated rings. The number of fused-ring (bicyclic) bond motifs is 1. The zero-order valence-corrected chi connectivity index (χ0v) is 9.17. The molecule has 2 aromatic rings. The molecule has 3 radical (unpaired) electrons. The van der Waals surface area contributed by atoms with Gasteiger partial charge in [-0.05, 0) is 29.3 Å². The Morgan fingerprint density at radius 2 is 1.71 bits per heavy atom. The van der Waals surface area contributed by atoms with E-state index in [0.29, 0.717) is 0 Å². The lowest BCUT2D eigenvalue weighted by atomic mass is 10.0. The van der Waals surface area contributed by atoms with Gasteiger partial charge in [0.25, 0.3) is 0 Å². The van der Waals surface area contributed by atoms with Crippen LogP contribution in [-0.2, 0) is 0 Å².